The zero-order valence-corrected chi connectivity index (χ0v) is 15.8. The van der Waals surface area contributed by atoms with Crippen molar-refractivity contribution in [1.29, 1.82) is 0 Å². The molecule has 2 aromatic carbocycles. The summed E-state index contributed by atoms with van der Waals surface area (Å²) in [5, 5.41) is 3.00. The maximum atomic E-state index is 12.6. The first-order chi connectivity index (χ1) is 14.1. The number of rotatable bonds is 5. The Morgan fingerprint density at radius 3 is 2.62 bits per heavy atom. The first-order valence-electron chi connectivity index (χ1n) is 8.75. The van der Waals surface area contributed by atoms with Gasteiger partial charge in [-0.1, -0.05) is 30.3 Å². The average molecular weight is 407 g/mol. The Morgan fingerprint density at radius 2 is 1.90 bits per heavy atom. The highest BCUT2D eigenvalue weighted by atomic mass is 35.5. The number of nitrogens with one attached hydrogen (secondary N) is 1. The fourth-order valence-corrected chi connectivity index (χ4v) is 2.84. The van der Waals surface area contributed by atoms with Gasteiger partial charge in [0.05, 0.1) is 17.3 Å². The molecular formula is C22H15ClN2O4. The molecule has 4 aromatic rings. The van der Waals surface area contributed by atoms with E-state index in [-0.39, 0.29) is 17.2 Å². The van der Waals surface area contributed by atoms with E-state index in [1.165, 1.54) is 12.3 Å². The number of benzene rings is 2. The van der Waals surface area contributed by atoms with Crippen LogP contribution in [-0.4, -0.2) is 16.8 Å². The van der Waals surface area contributed by atoms with Crippen molar-refractivity contribution in [2.24, 2.45) is 0 Å². The molecule has 0 atom stereocenters. The highest BCUT2D eigenvalue weighted by Crippen LogP contribution is 2.27. The number of ether oxygens (including phenoxy) is 1. The topological polar surface area (TPSA) is 81.4 Å². The molecule has 1 N–H and O–H groups in total. The van der Waals surface area contributed by atoms with Gasteiger partial charge in [-0.05, 0) is 24.3 Å². The molecule has 29 heavy (non-hydrogen) atoms. The van der Waals surface area contributed by atoms with E-state index in [2.05, 4.69) is 10.3 Å². The monoisotopic (exact) mass is 406 g/mol. The van der Waals surface area contributed by atoms with E-state index < -0.39 is 0 Å². The van der Waals surface area contributed by atoms with Gasteiger partial charge in [0.2, 0.25) is 11.8 Å². The van der Waals surface area contributed by atoms with Crippen LogP contribution in [0.5, 0.6) is 11.6 Å². The molecular weight excluding hydrogens is 392 g/mol. The van der Waals surface area contributed by atoms with Gasteiger partial charge in [0.25, 0.3) is 0 Å². The predicted molar refractivity (Wildman–Crippen MR) is 112 cm³/mol. The van der Waals surface area contributed by atoms with Crippen molar-refractivity contribution < 1.29 is 13.9 Å². The Balaban J connectivity index is 1.58. The van der Waals surface area contributed by atoms with E-state index >= 15 is 0 Å². The fraction of sp³-hybridized carbons (Fsp3) is 0.0455. The molecule has 0 bridgehead atoms. The Labute approximate surface area is 170 Å². The van der Waals surface area contributed by atoms with Gasteiger partial charge in [-0.2, -0.15) is 0 Å². The molecule has 0 saturated carbocycles. The fourth-order valence-electron chi connectivity index (χ4n) is 2.77. The van der Waals surface area contributed by atoms with Crippen LogP contribution in [0.4, 0.5) is 5.69 Å². The third-order valence-corrected chi connectivity index (χ3v) is 4.36. The number of halogens is 1. The highest BCUT2D eigenvalue weighted by Gasteiger charge is 2.09. The number of anilines is 1. The third kappa shape index (κ3) is 4.28. The number of hydrogen-bond acceptors (Lipinski definition) is 5. The Hall–Kier alpha value is -3.64. The maximum Gasteiger partial charge on any atom is 0.239 e. The van der Waals surface area contributed by atoms with Crippen LogP contribution >= 0.6 is 11.6 Å². The van der Waals surface area contributed by atoms with E-state index in [1.54, 1.807) is 30.3 Å². The van der Waals surface area contributed by atoms with Crippen molar-refractivity contribution >= 4 is 34.2 Å². The molecule has 0 fully saturated rings. The van der Waals surface area contributed by atoms with Crippen LogP contribution in [0.25, 0.3) is 22.3 Å². The molecule has 0 unspecified atom stereocenters. The number of nitrogens with zero attached hydrogens (tertiary/aromatic N) is 1. The predicted octanol–water partition coefficient (Wildman–Crippen LogP) is 4.82. The second kappa shape index (κ2) is 8.16. The molecule has 6 nitrogen and oxygen atoms in total. The minimum atomic E-state index is -0.321. The third-order valence-electron chi connectivity index (χ3n) is 4.12. The Bertz CT molecular complexity index is 1220. The van der Waals surface area contributed by atoms with Crippen molar-refractivity contribution in [3.8, 4) is 23.0 Å². The maximum absolute atomic E-state index is 12.6. The van der Waals surface area contributed by atoms with Crippen LogP contribution in [0.15, 0.2) is 82.1 Å². The summed E-state index contributed by atoms with van der Waals surface area (Å²) in [6.07, 6.45) is 1.46. The number of carbonyl (C=O) groups is 1. The zero-order valence-electron chi connectivity index (χ0n) is 15.1. The van der Waals surface area contributed by atoms with E-state index in [1.807, 2.05) is 30.3 Å². The molecule has 1 amide bonds. The smallest absolute Gasteiger partial charge is 0.239 e. The van der Waals surface area contributed by atoms with Crippen LogP contribution in [0.3, 0.4) is 0 Å². The summed E-state index contributed by atoms with van der Waals surface area (Å²) < 4.78 is 11.6. The van der Waals surface area contributed by atoms with Crippen molar-refractivity contribution in [1.82, 2.24) is 4.98 Å². The van der Waals surface area contributed by atoms with E-state index in [0.29, 0.717) is 34.0 Å². The van der Waals surface area contributed by atoms with Crippen LogP contribution < -0.4 is 15.5 Å². The Morgan fingerprint density at radius 1 is 1.07 bits per heavy atom. The van der Waals surface area contributed by atoms with Crippen LogP contribution in [0.2, 0.25) is 0 Å². The summed E-state index contributed by atoms with van der Waals surface area (Å²) in [7, 11) is 0. The number of hydrogen-bond donors (Lipinski definition) is 1. The van der Waals surface area contributed by atoms with E-state index in [9.17, 15) is 9.59 Å². The van der Waals surface area contributed by atoms with Crippen molar-refractivity contribution in [3.63, 3.8) is 0 Å². The van der Waals surface area contributed by atoms with Crippen molar-refractivity contribution in [2.45, 2.75) is 0 Å². The van der Waals surface area contributed by atoms with Crippen LogP contribution in [-0.2, 0) is 4.79 Å². The van der Waals surface area contributed by atoms with E-state index in [0.717, 1.165) is 5.56 Å². The molecule has 0 saturated heterocycles. The van der Waals surface area contributed by atoms with Gasteiger partial charge in [0.15, 0.2) is 5.43 Å². The van der Waals surface area contributed by atoms with Gasteiger partial charge in [0.1, 0.15) is 23.0 Å². The SMILES string of the molecule is O=C(CCl)Nc1ccc(Oc2ccc3oc(-c4ccccc4)cc(=O)c3c2)nc1. The molecule has 2 aromatic heterocycles. The average Bonchev–Trinajstić information content (AvgIpc) is 2.76. The molecule has 0 aliphatic rings. The molecule has 0 radical (unpaired) electrons. The number of alkyl halides is 1. The van der Waals surface area contributed by atoms with Gasteiger partial charge in [-0.25, -0.2) is 4.98 Å². The molecule has 0 aliphatic heterocycles. The largest absolute Gasteiger partial charge is 0.456 e. The molecule has 0 spiro atoms. The second-order valence-electron chi connectivity index (χ2n) is 6.17. The van der Waals surface area contributed by atoms with Gasteiger partial charge in [-0.15, -0.1) is 11.6 Å². The number of carbonyl (C=O) groups excluding carboxylic acids is 1. The lowest BCUT2D eigenvalue weighted by Crippen LogP contribution is -2.12. The summed E-state index contributed by atoms with van der Waals surface area (Å²) in [5.74, 6) is 0.816. The lowest BCUT2D eigenvalue weighted by molar-refractivity contribution is -0.113. The van der Waals surface area contributed by atoms with Crippen molar-refractivity contribution in [3.05, 3.63) is 83.2 Å². The summed E-state index contributed by atoms with van der Waals surface area (Å²) in [4.78, 5) is 28.0. The second-order valence-corrected chi connectivity index (χ2v) is 6.44. The van der Waals surface area contributed by atoms with Crippen LogP contribution in [0.1, 0.15) is 0 Å². The molecule has 144 valence electrons. The van der Waals surface area contributed by atoms with Crippen molar-refractivity contribution in [2.75, 3.05) is 11.2 Å². The summed E-state index contributed by atoms with van der Waals surface area (Å²) >= 11 is 5.46. The van der Waals surface area contributed by atoms with Gasteiger partial charge >= 0.3 is 0 Å². The molecule has 4 rings (SSSR count). The summed E-state index contributed by atoms with van der Waals surface area (Å²) in [6, 6.07) is 19.2. The van der Waals surface area contributed by atoms with Gasteiger partial charge < -0.3 is 14.5 Å². The normalized spacial score (nSPS) is 10.7. The number of fused-ring (bicyclic) bond motifs is 1. The number of pyridine rings is 1. The van der Waals surface area contributed by atoms with E-state index in [4.69, 9.17) is 20.8 Å². The molecule has 2 heterocycles. The lowest BCUT2D eigenvalue weighted by Gasteiger charge is -2.08. The highest BCUT2D eigenvalue weighted by molar-refractivity contribution is 6.29. The zero-order chi connectivity index (χ0) is 20.2. The summed E-state index contributed by atoms with van der Waals surface area (Å²) in [5.41, 5.74) is 1.64. The lowest BCUT2D eigenvalue weighted by atomic mass is 10.1. The first kappa shape index (κ1) is 18.7. The minimum Gasteiger partial charge on any atom is -0.456 e. The number of aromatic nitrogens is 1. The Kier molecular flexibility index (Phi) is 5.27. The molecule has 0 aliphatic carbocycles. The van der Waals surface area contributed by atoms with Gasteiger partial charge in [0, 0.05) is 17.7 Å². The summed E-state index contributed by atoms with van der Waals surface area (Å²) in [6.45, 7) is 0. The molecule has 7 heteroatoms. The standard InChI is InChI=1S/C22H15ClN2O4/c23-12-21(27)25-15-6-9-22(24-13-15)28-16-7-8-19-17(10-16)18(26)11-20(29-19)14-4-2-1-3-5-14/h1-11,13H,12H2,(H,25,27). The quantitative estimate of drug-likeness (QED) is 0.480. The number of amides is 1. The van der Waals surface area contributed by atoms with Crippen LogP contribution in [0, 0.1) is 0 Å². The minimum absolute atomic E-state index is 0.135. The van der Waals surface area contributed by atoms with Gasteiger partial charge in [-0.3, -0.25) is 9.59 Å². The first-order valence-corrected chi connectivity index (χ1v) is 9.29.